The maximum atomic E-state index is 12.0. The molecule has 0 amide bonds. The summed E-state index contributed by atoms with van der Waals surface area (Å²) in [6.07, 6.45) is 1.26. The average molecular weight is 492 g/mol. The van der Waals surface area contributed by atoms with Crippen molar-refractivity contribution in [3.05, 3.63) is 24.3 Å². The maximum Gasteiger partial charge on any atom is 0.230 e. The molecule has 0 saturated carbocycles. The van der Waals surface area contributed by atoms with Crippen molar-refractivity contribution in [1.29, 1.82) is 0 Å². The van der Waals surface area contributed by atoms with Crippen LogP contribution < -0.4 is 15.0 Å². The van der Waals surface area contributed by atoms with Gasteiger partial charge in [0.25, 0.3) is 0 Å². The van der Waals surface area contributed by atoms with Gasteiger partial charge >= 0.3 is 0 Å². The number of hydrogen-bond donors (Lipinski definition) is 1. The Kier molecular flexibility index (Phi) is 7.56. The van der Waals surface area contributed by atoms with Crippen molar-refractivity contribution in [2.24, 2.45) is 0 Å². The first-order chi connectivity index (χ1) is 16.4. The molecule has 0 aliphatic carbocycles. The van der Waals surface area contributed by atoms with E-state index in [0.717, 1.165) is 11.8 Å². The van der Waals surface area contributed by atoms with Gasteiger partial charge in [0.05, 0.1) is 26.6 Å². The summed E-state index contributed by atoms with van der Waals surface area (Å²) >= 11 is 0. The SMILES string of the molecule is COc1cccc(-c2nc(NC(C=O)N3CCN(S(C)(=O)=O)CC3)nc(N3CCOCC3)n2)c1. The molecular formula is C21H29N7O5S. The van der Waals surface area contributed by atoms with Gasteiger partial charge in [-0.2, -0.15) is 19.3 Å². The van der Waals surface area contributed by atoms with Crippen molar-refractivity contribution in [3.63, 3.8) is 0 Å². The number of hydrogen-bond acceptors (Lipinski definition) is 11. The second-order valence-corrected chi connectivity index (χ2v) is 10.0. The minimum Gasteiger partial charge on any atom is -0.497 e. The quantitative estimate of drug-likeness (QED) is 0.497. The highest BCUT2D eigenvalue weighted by molar-refractivity contribution is 7.88. The third kappa shape index (κ3) is 5.78. The van der Waals surface area contributed by atoms with E-state index in [2.05, 4.69) is 20.3 Å². The molecule has 0 bridgehead atoms. The number of aromatic nitrogens is 3. The molecule has 1 aromatic carbocycles. The molecular weight excluding hydrogens is 462 g/mol. The molecule has 0 spiro atoms. The van der Waals surface area contributed by atoms with Crippen molar-refractivity contribution < 1.29 is 22.7 Å². The van der Waals surface area contributed by atoms with Crippen molar-refractivity contribution in [3.8, 4) is 17.1 Å². The van der Waals surface area contributed by atoms with Gasteiger partial charge in [-0.3, -0.25) is 9.69 Å². The van der Waals surface area contributed by atoms with Crippen LogP contribution in [0.4, 0.5) is 11.9 Å². The Labute approximate surface area is 198 Å². The summed E-state index contributed by atoms with van der Waals surface area (Å²) in [5, 5.41) is 3.11. The van der Waals surface area contributed by atoms with Crippen LogP contribution in [0, 0.1) is 0 Å². The van der Waals surface area contributed by atoms with Gasteiger partial charge in [-0.05, 0) is 12.1 Å². The fourth-order valence-electron chi connectivity index (χ4n) is 3.88. The summed E-state index contributed by atoms with van der Waals surface area (Å²) in [5.41, 5.74) is 0.753. The number of carbonyl (C=O) groups excluding carboxylic acids is 1. The number of morpholine rings is 1. The number of piperazine rings is 1. The fourth-order valence-corrected chi connectivity index (χ4v) is 4.71. The largest absolute Gasteiger partial charge is 0.497 e. The normalized spacial score (nSPS) is 18.9. The predicted octanol–water partition coefficient (Wildman–Crippen LogP) is -0.102. The Morgan fingerprint density at radius 3 is 2.47 bits per heavy atom. The summed E-state index contributed by atoms with van der Waals surface area (Å²) in [4.78, 5) is 29.7. The zero-order valence-electron chi connectivity index (χ0n) is 19.3. The smallest absolute Gasteiger partial charge is 0.230 e. The Balaban J connectivity index is 1.60. The molecule has 13 heteroatoms. The van der Waals surface area contributed by atoms with E-state index in [4.69, 9.17) is 9.47 Å². The van der Waals surface area contributed by atoms with E-state index >= 15 is 0 Å². The molecule has 12 nitrogen and oxygen atoms in total. The van der Waals surface area contributed by atoms with E-state index in [1.54, 1.807) is 7.11 Å². The van der Waals surface area contributed by atoms with Crippen LogP contribution in [0.3, 0.4) is 0 Å². The number of carbonyl (C=O) groups is 1. The van der Waals surface area contributed by atoms with Crippen LogP contribution in [0.5, 0.6) is 5.75 Å². The van der Waals surface area contributed by atoms with E-state index in [0.29, 0.717) is 70.0 Å². The number of benzene rings is 1. The molecule has 2 fully saturated rings. The fraction of sp³-hybridized carbons (Fsp3) is 0.524. The molecule has 1 aromatic heterocycles. The number of rotatable bonds is 8. The van der Waals surface area contributed by atoms with Gasteiger partial charge in [-0.15, -0.1) is 0 Å². The molecule has 3 heterocycles. The summed E-state index contributed by atoms with van der Waals surface area (Å²) in [6, 6.07) is 7.41. The minimum absolute atomic E-state index is 0.261. The monoisotopic (exact) mass is 491 g/mol. The first-order valence-corrected chi connectivity index (χ1v) is 12.9. The molecule has 34 heavy (non-hydrogen) atoms. The third-order valence-corrected chi connectivity index (χ3v) is 7.09. The summed E-state index contributed by atoms with van der Waals surface area (Å²) in [5.74, 6) is 1.88. The van der Waals surface area contributed by atoms with Crippen molar-refractivity contribution in [2.75, 3.05) is 76.1 Å². The molecule has 1 unspecified atom stereocenters. The number of anilines is 2. The number of nitrogens with zero attached hydrogens (tertiary/aromatic N) is 6. The Morgan fingerprint density at radius 2 is 1.82 bits per heavy atom. The minimum atomic E-state index is -3.26. The lowest BCUT2D eigenvalue weighted by Crippen LogP contribution is -2.54. The van der Waals surface area contributed by atoms with Crippen molar-refractivity contribution in [2.45, 2.75) is 6.17 Å². The van der Waals surface area contributed by atoms with Crippen LogP contribution in [0.25, 0.3) is 11.4 Å². The molecule has 1 atom stereocenters. The van der Waals surface area contributed by atoms with Crippen LogP contribution in [0.1, 0.15) is 0 Å². The van der Waals surface area contributed by atoms with E-state index in [9.17, 15) is 13.2 Å². The number of methoxy groups -OCH3 is 1. The topological polar surface area (TPSA) is 130 Å². The lowest BCUT2D eigenvalue weighted by atomic mass is 10.2. The zero-order valence-corrected chi connectivity index (χ0v) is 20.1. The van der Waals surface area contributed by atoms with E-state index in [1.807, 2.05) is 34.1 Å². The standard InChI is InChI=1S/C21H29N7O5S/c1-32-17-5-3-4-16(14-17)19-23-20(25-21(24-19)27-10-12-33-13-11-27)22-18(15-29)26-6-8-28(9-7-26)34(2,30)31/h3-5,14-15,18H,6-13H2,1-2H3,(H,22,23,24,25). The van der Waals surface area contributed by atoms with Crippen LogP contribution in [0.15, 0.2) is 24.3 Å². The highest BCUT2D eigenvalue weighted by atomic mass is 32.2. The average Bonchev–Trinajstić information content (AvgIpc) is 2.87. The molecule has 2 aromatic rings. The summed E-state index contributed by atoms with van der Waals surface area (Å²) in [6.45, 7) is 3.89. The van der Waals surface area contributed by atoms with Crippen LogP contribution >= 0.6 is 0 Å². The summed E-state index contributed by atoms with van der Waals surface area (Å²) < 4.78 is 35.8. The lowest BCUT2D eigenvalue weighted by molar-refractivity contribution is -0.112. The Bertz CT molecular complexity index is 1100. The van der Waals surface area contributed by atoms with Crippen LogP contribution in [-0.4, -0.2) is 111 Å². The molecule has 2 aliphatic rings. The zero-order chi connectivity index (χ0) is 24.1. The number of aldehydes is 1. The van der Waals surface area contributed by atoms with E-state index < -0.39 is 16.2 Å². The Hall–Kier alpha value is -2.87. The lowest BCUT2D eigenvalue weighted by Gasteiger charge is -2.36. The van der Waals surface area contributed by atoms with Gasteiger partial charge in [0.15, 0.2) is 12.1 Å². The first-order valence-electron chi connectivity index (χ1n) is 11.0. The molecule has 2 saturated heterocycles. The predicted molar refractivity (Wildman–Crippen MR) is 126 cm³/mol. The summed E-state index contributed by atoms with van der Waals surface area (Å²) in [7, 11) is -1.67. The highest BCUT2D eigenvalue weighted by Crippen LogP contribution is 2.24. The number of sulfonamides is 1. The van der Waals surface area contributed by atoms with Gasteiger partial charge in [0.1, 0.15) is 11.9 Å². The first kappa shape index (κ1) is 24.3. The van der Waals surface area contributed by atoms with E-state index in [-0.39, 0.29) is 5.95 Å². The van der Waals surface area contributed by atoms with Crippen LogP contribution in [-0.2, 0) is 19.6 Å². The van der Waals surface area contributed by atoms with Crippen molar-refractivity contribution in [1.82, 2.24) is 24.2 Å². The Morgan fingerprint density at radius 1 is 1.09 bits per heavy atom. The van der Waals surface area contributed by atoms with Gasteiger partial charge in [-0.1, -0.05) is 12.1 Å². The molecule has 0 radical (unpaired) electrons. The van der Waals surface area contributed by atoms with Gasteiger partial charge in [-0.25, -0.2) is 8.42 Å². The van der Waals surface area contributed by atoms with Crippen LogP contribution in [0.2, 0.25) is 0 Å². The highest BCUT2D eigenvalue weighted by Gasteiger charge is 2.28. The molecule has 2 aliphatic heterocycles. The third-order valence-electron chi connectivity index (χ3n) is 5.79. The second-order valence-electron chi connectivity index (χ2n) is 8.04. The number of ether oxygens (including phenoxy) is 2. The molecule has 4 rings (SSSR count). The van der Waals surface area contributed by atoms with Gasteiger partial charge in [0.2, 0.25) is 21.9 Å². The van der Waals surface area contributed by atoms with Gasteiger partial charge < -0.3 is 19.7 Å². The molecule has 184 valence electrons. The van der Waals surface area contributed by atoms with Crippen molar-refractivity contribution >= 4 is 28.2 Å². The molecule has 1 N–H and O–H groups in total. The second kappa shape index (κ2) is 10.6. The van der Waals surface area contributed by atoms with E-state index in [1.165, 1.54) is 10.6 Å². The maximum absolute atomic E-state index is 12.0. The number of nitrogens with one attached hydrogen (secondary N) is 1. The van der Waals surface area contributed by atoms with Gasteiger partial charge in [0, 0.05) is 44.8 Å².